The molecule has 2 N–H and O–H groups in total. The second-order valence-electron chi connectivity index (χ2n) is 5.89. The van der Waals surface area contributed by atoms with E-state index in [9.17, 15) is 0 Å². The third kappa shape index (κ3) is 4.44. The van der Waals surface area contributed by atoms with Crippen molar-refractivity contribution in [2.75, 3.05) is 20.1 Å². The summed E-state index contributed by atoms with van der Waals surface area (Å²) in [6.45, 7) is 10.8. The fourth-order valence-corrected chi connectivity index (χ4v) is 1.83. The molecule has 1 aromatic rings. The van der Waals surface area contributed by atoms with Crippen LogP contribution in [0.4, 0.5) is 0 Å². The monoisotopic (exact) mass is 235 g/mol. The van der Waals surface area contributed by atoms with Gasteiger partial charge in [0.05, 0.1) is 0 Å². The molecular weight excluding hydrogens is 210 g/mol. The molecule has 0 bridgehead atoms. The van der Waals surface area contributed by atoms with Gasteiger partial charge in [0.2, 0.25) is 0 Å². The van der Waals surface area contributed by atoms with Crippen molar-refractivity contribution in [3.8, 4) is 0 Å². The second-order valence-corrected chi connectivity index (χ2v) is 5.89. The Hall–Kier alpha value is -0.930. The molecule has 17 heavy (non-hydrogen) atoms. The molecule has 1 heterocycles. The highest BCUT2D eigenvalue weighted by Gasteiger charge is 2.24. The molecule has 0 saturated heterocycles. The first-order valence-corrected chi connectivity index (χ1v) is 6.17. The first-order chi connectivity index (χ1) is 7.87. The van der Waals surface area contributed by atoms with E-state index in [1.165, 1.54) is 5.56 Å². The quantitative estimate of drug-likeness (QED) is 0.791. The van der Waals surface area contributed by atoms with Crippen molar-refractivity contribution in [3.05, 3.63) is 30.1 Å². The Morgan fingerprint density at radius 1 is 1.18 bits per heavy atom. The molecule has 0 aliphatic rings. The fraction of sp³-hybridized carbons (Fsp3) is 0.643. The van der Waals surface area contributed by atoms with Crippen LogP contribution in [0.25, 0.3) is 0 Å². The van der Waals surface area contributed by atoms with E-state index in [-0.39, 0.29) is 11.0 Å². The van der Waals surface area contributed by atoms with Crippen LogP contribution in [0.5, 0.6) is 0 Å². The smallest absolute Gasteiger partial charge is 0.0305 e. The number of nitrogens with zero attached hydrogens (tertiary/aromatic N) is 1. The van der Waals surface area contributed by atoms with Crippen molar-refractivity contribution >= 4 is 0 Å². The average Bonchev–Trinajstić information content (AvgIpc) is 2.28. The molecule has 1 rings (SSSR count). The van der Waals surface area contributed by atoms with Gasteiger partial charge in [-0.25, -0.2) is 0 Å². The molecular formula is C14H25N3. The van der Waals surface area contributed by atoms with Crippen LogP contribution in [0.2, 0.25) is 0 Å². The van der Waals surface area contributed by atoms with E-state index in [0.29, 0.717) is 0 Å². The largest absolute Gasteiger partial charge is 0.318 e. The number of likely N-dealkylation sites (N-methyl/N-ethyl adjacent to an activating group) is 1. The van der Waals surface area contributed by atoms with Gasteiger partial charge in [0.15, 0.2) is 0 Å². The van der Waals surface area contributed by atoms with Crippen LogP contribution in [0.1, 0.15) is 33.3 Å². The first kappa shape index (κ1) is 14.1. The van der Waals surface area contributed by atoms with Crippen LogP contribution in [-0.4, -0.2) is 30.7 Å². The van der Waals surface area contributed by atoms with Gasteiger partial charge >= 0.3 is 0 Å². The Balaban J connectivity index is 2.62. The second kappa shape index (κ2) is 5.61. The zero-order chi connectivity index (χ0) is 12.9. The molecule has 1 aromatic heterocycles. The lowest BCUT2D eigenvalue weighted by molar-refractivity contribution is 0.332. The molecule has 0 spiro atoms. The van der Waals surface area contributed by atoms with Crippen LogP contribution >= 0.6 is 0 Å². The molecule has 96 valence electrons. The molecule has 0 unspecified atom stereocenters. The Bertz CT molecular complexity index is 331. The predicted octanol–water partition coefficient (Wildman–Crippen LogP) is 1.95. The predicted molar refractivity (Wildman–Crippen MR) is 73.3 cm³/mol. The van der Waals surface area contributed by atoms with E-state index in [2.05, 4.69) is 49.4 Å². The van der Waals surface area contributed by atoms with Crippen LogP contribution in [-0.2, 0) is 5.41 Å². The highest BCUT2D eigenvalue weighted by molar-refractivity contribution is 5.20. The van der Waals surface area contributed by atoms with Gasteiger partial charge < -0.3 is 10.6 Å². The molecule has 0 aliphatic heterocycles. The Morgan fingerprint density at radius 3 is 2.41 bits per heavy atom. The van der Waals surface area contributed by atoms with Crippen molar-refractivity contribution in [3.63, 3.8) is 0 Å². The van der Waals surface area contributed by atoms with Gasteiger partial charge in [0.25, 0.3) is 0 Å². The van der Waals surface area contributed by atoms with Crippen molar-refractivity contribution < 1.29 is 0 Å². The summed E-state index contributed by atoms with van der Waals surface area (Å²) >= 11 is 0. The minimum absolute atomic E-state index is 0.0965. The molecule has 0 fully saturated rings. The van der Waals surface area contributed by atoms with Crippen molar-refractivity contribution in [1.29, 1.82) is 0 Å². The van der Waals surface area contributed by atoms with E-state index in [1.54, 1.807) is 0 Å². The minimum atomic E-state index is 0.0965. The lowest BCUT2D eigenvalue weighted by Gasteiger charge is -2.33. The molecule has 0 amide bonds. The van der Waals surface area contributed by atoms with Gasteiger partial charge in [0.1, 0.15) is 0 Å². The van der Waals surface area contributed by atoms with Crippen molar-refractivity contribution in [1.82, 2.24) is 15.6 Å². The SMILES string of the molecule is CNCC(C)(C)NCC(C)(C)c1cccnc1. The van der Waals surface area contributed by atoms with Gasteiger partial charge in [0, 0.05) is 36.4 Å². The van der Waals surface area contributed by atoms with Crippen molar-refractivity contribution in [2.45, 2.75) is 38.6 Å². The summed E-state index contributed by atoms with van der Waals surface area (Å²) in [5.41, 5.74) is 1.47. The highest BCUT2D eigenvalue weighted by atomic mass is 15.0. The maximum Gasteiger partial charge on any atom is 0.0305 e. The van der Waals surface area contributed by atoms with Gasteiger partial charge in [-0.1, -0.05) is 19.9 Å². The lowest BCUT2D eigenvalue weighted by atomic mass is 9.85. The van der Waals surface area contributed by atoms with E-state index in [1.807, 2.05) is 25.5 Å². The molecule has 0 atom stereocenters. The summed E-state index contributed by atoms with van der Waals surface area (Å²) in [4.78, 5) is 4.19. The first-order valence-electron chi connectivity index (χ1n) is 6.17. The summed E-state index contributed by atoms with van der Waals surface area (Å²) in [7, 11) is 1.98. The van der Waals surface area contributed by atoms with Gasteiger partial charge in [-0.05, 0) is 32.5 Å². The van der Waals surface area contributed by atoms with E-state index in [0.717, 1.165) is 13.1 Å². The van der Waals surface area contributed by atoms with E-state index in [4.69, 9.17) is 0 Å². The standard InChI is InChI=1S/C14H25N3/c1-13(2,12-7-6-8-16-9-12)10-17-14(3,4)11-15-5/h6-9,15,17H,10-11H2,1-5H3. The van der Waals surface area contributed by atoms with Gasteiger partial charge in [-0.15, -0.1) is 0 Å². The average molecular weight is 235 g/mol. The van der Waals surface area contributed by atoms with Gasteiger partial charge in [-0.2, -0.15) is 0 Å². The van der Waals surface area contributed by atoms with E-state index >= 15 is 0 Å². The third-order valence-electron chi connectivity index (χ3n) is 3.07. The number of nitrogens with one attached hydrogen (secondary N) is 2. The summed E-state index contributed by atoms with van der Waals surface area (Å²) in [6, 6.07) is 4.13. The van der Waals surface area contributed by atoms with Crippen LogP contribution in [0.3, 0.4) is 0 Å². The van der Waals surface area contributed by atoms with Crippen molar-refractivity contribution in [2.24, 2.45) is 0 Å². The summed E-state index contributed by atoms with van der Waals surface area (Å²) in [5, 5.41) is 6.82. The minimum Gasteiger partial charge on any atom is -0.318 e. The zero-order valence-corrected chi connectivity index (χ0v) is 11.7. The van der Waals surface area contributed by atoms with Gasteiger partial charge in [-0.3, -0.25) is 4.98 Å². The molecule has 0 radical (unpaired) electrons. The van der Waals surface area contributed by atoms with E-state index < -0.39 is 0 Å². The highest BCUT2D eigenvalue weighted by Crippen LogP contribution is 2.21. The molecule has 3 nitrogen and oxygen atoms in total. The van der Waals surface area contributed by atoms with Crippen LogP contribution in [0, 0.1) is 0 Å². The molecule has 3 heteroatoms. The maximum atomic E-state index is 4.19. The normalized spacial score (nSPS) is 12.8. The summed E-state index contributed by atoms with van der Waals surface area (Å²) in [6.07, 6.45) is 3.77. The number of pyridine rings is 1. The topological polar surface area (TPSA) is 37.0 Å². The lowest BCUT2D eigenvalue weighted by Crippen LogP contribution is -2.50. The molecule has 0 aromatic carbocycles. The summed E-state index contributed by atoms with van der Waals surface area (Å²) < 4.78 is 0. The van der Waals surface area contributed by atoms with Crippen LogP contribution in [0.15, 0.2) is 24.5 Å². The number of hydrogen-bond donors (Lipinski definition) is 2. The fourth-order valence-electron chi connectivity index (χ4n) is 1.83. The molecule has 0 aliphatic carbocycles. The molecule has 0 saturated carbocycles. The summed E-state index contributed by atoms with van der Waals surface area (Å²) in [5.74, 6) is 0. The number of aromatic nitrogens is 1. The van der Waals surface area contributed by atoms with Crippen LogP contribution < -0.4 is 10.6 Å². The number of rotatable bonds is 6. The Labute approximate surface area is 105 Å². The Kier molecular flexibility index (Phi) is 4.66. The third-order valence-corrected chi connectivity index (χ3v) is 3.07. The Morgan fingerprint density at radius 2 is 1.88 bits per heavy atom. The zero-order valence-electron chi connectivity index (χ0n) is 11.7. The maximum absolute atomic E-state index is 4.19. The number of hydrogen-bond acceptors (Lipinski definition) is 3.